The molecule has 0 unspecified atom stereocenters. The molecule has 0 saturated carbocycles. The Morgan fingerprint density at radius 1 is 0.884 bits per heavy atom. The summed E-state index contributed by atoms with van der Waals surface area (Å²) in [5.74, 6) is 6.76. The van der Waals surface area contributed by atoms with Crippen LogP contribution in [0.4, 0.5) is 27.8 Å². The van der Waals surface area contributed by atoms with Crippen LogP contribution < -0.4 is 15.5 Å². The fourth-order valence-corrected chi connectivity index (χ4v) is 5.31. The van der Waals surface area contributed by atoms with E-state index < -0.39 is 0 Å². The van der Waals surface area contributed by atoms with Gasteiger partial charge in [-0.15, -0.1) is 0 Å². The molecule has 9 heteroatoms. The summed E-state index contributed by atoms with van der Waals surface area (Å²) in [5.41, 5.74) is 5.31. The number of nitrogens with zero attached hydrogens (tertiary/aromatic N) is 5. The molecule has 2 amide bonds. The van der Waals surface area contributed by atoms with Gasteiger partial charge < -0.3 is 20.4 Å². The maximum Gasteiger partial charge on any atom is 0.346 e. The lowest BCUT2D eigenvalue weighted by Gasteiger charge is -2.35. The number of benzene rings is 3. The van der Waals surface area contributed by atoms with Gasteiger partial charge in [0.05, 0.1) is 18.2 Å². The topological polar surface area (TPSA) is 85.9 Å². The zero-order valence-corrected chi connectivity index (χ0v) is 24.2. The van der Waals surface area contributed by atoms with Gasteiger partial charge in [0.2, 0.25) is 5.95 Å². The smallest absolute Gasteiger partial charge is 0.346 e. The molecule has 2 fully saturated rings. The number of anilines is 4. The molecule has 9 nitrogen and oxygen atoms in total. The molecule has 2 saturated heterocycles. The van der Waals surface area contributed by atoms with Crippen molar-refractivity contribution in [2.24, 2.45) is 0 Å². The summed E-state index contributed by atoms with van der Waals surface area (Å²) in [4.78, 5) is 32.4. The van der Waals surface area contributed by atoms with E-state index in [1.165, 1.54) is 10.8 Å². The van der Waals surface area contributed by atoms with Gasteiger partial charge in [0, 0.05) is 67.6 Å². The van der Waals surface area contributed by atoms with Crippen LogP contribution in [0, 0.1) is 11.8 Å². The van der Waals surface area contributed by atoms with Crippen molar-refractivity contribution in [3.05, 3.63) is 108 Å². The van der Waals surface area contributed by atoms with Gasteiger partial charge in [-0.05, 0) is 54.6 Å². The van der Waals surface area contributed by atoms with Crippen molar-refractivity contribution >= 4 is 29.0 Å². The highest BCUT2D eigenvalue weighted by atomic mass is 16.7. The Kier molecular flexibility index (Phi) is 8.78. The fourth-order valence-electron chi connectivity index (χ4n) is 5.31. The summed E-state index contributed by atoms with van der Waals surface area (Å²) in [5, 5.41) is 7.62. The highest BCUT2D eigenvalue weighted by Crippen LogP contribution is 2.30. The Morgan fingerprint density at radius 3 is 2.37 bits per heavy atom. The van der Waals surface area contributed by atoms with E-state index in [4.69, 9.17) is 4.84 Å². The number of carbonyl (C=O) groups is 1. The standard InChI is InChI=1S/C34H35N7O2/c1-2-39-18-20-40(21-19-39)31-15-13-29(14-16-31)37-33-35-24-27(25-36-33)12-11-26-7-6-10-30(23-26)38-34(42)41-32(17-22-43-41)28-8-4-3-5-9-28/h3-10,13-16,23-25,32H,2,17-22H2,1H3,(H,38,42)(H,35,36,37)/t32-/m0/s1. The maximum absolute atomic E-state index is 13.0. The molecule has 218 valence electrons. The fraction of sp³-hybridized carbons (Fsp3) is 0.265. The number of piperazine rings is 1. The molecule has 0 spiro atoms. The zero-order chi connectivity index (χ0) is 29.4. The number of hydroxylamine groups is 2. The number of hydrogen-bond acceptors (Lipinski definition) is 7. The summed E-state index contributed by atoms with van der Waals surface area (Å²) in [6, 6.07) is 25.3. The normalized spacial score (nSPS) is 16.8. The second-order valence-corrected chi connectivity index (χ2v) is 10.5. The van der Waals surface area contributed by atoms with Crippen LogP contribution in [0.3, 0.4) is 0 Å². The van der Waals surface area contributed by atoms with Gasteiger partial charge in [0.15, 0.2) is 0 Å². The Labute approximate surface area is 252 Å². The molecule has 43 heavy (non-hydrogen) atoms. The predicted molar refractivity (Wildman–Crippen MR) is 169 cm³/mol. The monoisotopic (exact) mass is 573 g/mol. The van der Waals surface area contributed by atoms with Crippen LogP contribution in [0.1, 0.15) is 36.1 Å². The molecular formula is C34H35N7O2. The number of hydrogen-bond donors (Lipinski definition) is 2. The van der Waals surface area contributed by atoms with E-state index in [0.717, 1.165) is 56.0 Å². The summed E-state index contributed by atoms with van der Waals surface area (Å²) >= 11 is 0. The molecule has 0 aliphatic carbocycles. The van der Waals surface area contributed by atoms with Gasteiger partial charge >= 0.3 is 6.03 Å². The highest BCUT2D eigenvalue weighted by Gasteiger charge is 2.31. The number of nitrogens with one attached hydrogen (secondary N) is 2. The van der Waals surface area contributed by atoms with E-state index in [9.17, 15) is 4.79 Å². The Bertz CT molecular complexity index is 1580. The highest BCUT2D eigenvalue weighted by molar-refractivity contribution is 5.89. The lowest BCUT2D eigenvalue weighted by Crippen LogP contribution is -2.46. The van der Waals surface area contributed by atoms with E-state index in [2.05, 4.69) is 73.4 Å². The van der Waals surface area contributed by atoms with E-state index in [1.807, 2.05) is 54.6 Å². The Hall–Kier alpha value is -4.91. The molecule has 3 aromatic carbocycles. The average Bonchev–Trinajstić information content (AvgIpc) is 3.56. The van der Waals surface area contributed by atoms with Crippen LogP contribution in [0.25, 0.3) is 0 Å². The molecule has 3 heterocycles. The van der Waals surface area contributed by atoms with Crippen molar-refractivity contribution in [3.8, 4) is 11.8 Å². The number of rotatable bonds is 6. The quantitative estimate of drug-likeness (QED) is 0.288. The molecule has 2 aliphatic rings. The van der Waals surface area contributed by atoms with Gasteiger partial charge in [-0.25, -0.2) is 14.8 Å². The first-order valence-corrected chi connectivity index (χ1v) is 14.7. The minimum absolute atomic E-state index is 0.118. The van der Waals surface area contributed by atoms with Crippen molar-refractivity contribution in [3.63, 3.8) is 0 Å². The first-order chi connectivity index (χ1) is 21.1. The SMILES string of the molecule is CCN1CCN(c2ccc(Nc3ncc(C#Cc4cccc(NC(=O)N5OCC[C@H]5c5ccccc5)c4)cn3)cc2)CC1. The van der Waals surface area contributed by atoms with E-state index in [0.29, 0.717) is 23.8 Å². The zero-order valence-electron chi connectivity index (χ0n) is 24.2. The van der Waals surface area contributed by atoms with Crippen molar-refractivity contribution in [1.82, 2.24) is 19.9 Å². The number of amides is 2. The van der Waals surface area contributed by atoms with Gasteiger partial charge in [-0.1, -0.05) is 55.2 Å². The summed E-state index contributed by atoms with van der Waals surface area (Å²) < 4.78 is 0. The van der Waals surface area contributed by atoms with E-state index in [-0.39, 0.29) is 12.1 Å². The largest absolute Gasteiger partial charge is 0.369 e. The van der Waals surface area contributed by atoms with Crippen LogP contribution >= 0.6 is 0 Å². The summed E-state index contributed by atoms with van der Waals surface area (Å²) in [7, 11) is 0. The van der Waals surface area contributed by atoms with Crippen molar-refractivity contribution < 1.29 is 9.63 Å². The molecule has 6 rings (SSSR count). The molecule has 4 aromatic rings. The average molecular weight is 574 g/mol. The molecule has 0 bridgehead atoms. The van der Waals surface area contributed by atoms with E-state index >= 15 is 0 Å². The van der Waals surface area contributed by atoms with Crippen LogP contribution in [-0.2, 0) is 4.84 Å². The first kappa shape index (κ1) is 28.2. The van der Waals surface area contributed by atoms with Crippen molar-refractivity contribution in [1.29, 1.82) is 0 Å². The molecule has 1 atom stereocenters. The minimum atomic E-state index is -0.308. The van der Waals surface area contributed by atoms with Crippen LogP contribution in [0.2, 0.25) is 0 Å². The minimum Gasteiger partial charge on any atom is -0.369 e. The Balaban J connectivity index is 1.04. The lowest BCUT2D eigenvalue weighted by molar-refractivity contribution is -0.0829. The number of carbonyl (C=O) groups excluding carboxylic acids is 1. The molecule has 2 N–H and O–H groups in total. The molecule has 1 aromatic heterocycles. The number of urea groups is 1. The van der Waals surface area contributed by atoms with Crippen molar-refractivity contribution in [2.75, 3.05) is 54.9 Å². The third kappa shape index (κ3) is 7.12. The predicted octanol–water partition coefficient (Wildman–Crippen LogP) is 5.67. The number of likely N-dealkylation sites (N-methyl/N-ethyl adjacent to an activating group) is 1. The van der Waals surface area contributed by atoms with Crippen molar-refractivity contribution in [2.45, 2.75) is 19.4 Å². The van der Waals surface area contributed by atoms with Gasteiger partial charge in [-0.2, -0.15) is 5.06 Å². The van der Waals surface area contributed by atoms with Crippen LogP contribution in [0.5, 0.6) is 0 Å². The van der Waals surface area contributed by atoms with Gasteiger partial charge in [0.1, 0.15) is 0 Å². The second-order valence-electron chi connectivity index (χ2n) is 10.5. The van der Waals surface area contributed by atoms with Crippen LogP contribution in [-0.4, -0.2) is 65.3 Å². The second kappa shape index (κ2) is 13.4. The third-order valence-electron chi connectivity index (χ3n) is 7.71. The molecule has 2 aliphatic heterocycles. The lowest BCUT2D eigenvalue weighted by atomic mass is 10.1. The maximum atomic E-state index is 13.0. The van der Waals surface area contributed by atoms with Crippen LogP contribution in [0.15, 0.2) is 91.3 Å². The first-order valence-electron chi connectivity index (χ1n) is 14.7. The summed E-state index contributed by atoms with van der Waals surface area (Å²) in [6.07, 6.45) is 4.15. The number of aromatic nitrogens is 2. The molecule has 0 radical (unpaired) electrons. The third-order valence-corrected chi connectivity index (χ3v) is 7.71. The van der Waals surface area contributed by atoms with Gasteiger partial charge in [0.25, 0.3) is 0 Å². The Morgan fingerprint density at radius 2 is 1.63 bits per heavy atom. The van der Waals surface area contributed by atoms with Gasteiger partial charge in [-0.3, -0.25) is 4.84 Å². The molecular weight excluding hydrogens is 538 g/mol. The summed E-state index contributed by atoms with van der Waals surface area (Å²) in [6.45, 7) is 8.13. The van der Waals surface area contributed by atoms with E-state index in [1.54, 1.807) is 12.4 Å².